The van der Waals surface area contributed by atoms with Crippen LogP contribution in [0.3, 0.4) is 0 Å². The van der Waals surface area contributed by atoms with Crippen molar-refractivity contribution in [2.24, 2.45) is 5.92 Å². The van der Waals surface area contributed by atoms with Gasteiger partial charge in [0.25, 0.3) is 0 Å². The summed E-state index contributed by atoms with van der Waals surface area (Å²) in [6.07, 6.45) is 2.47. The minimum Gasteiger partial charge on any atom is -0.481 e. The van der Waals surface area contributed by atoms with Crippen LogP contribution in [0.1, 0.15) is 31.6 Å². The monoisotopic (exact) mass is 378 g/mol. The number of carbonyl (C=O) groups is 2. The van der Waals surface area contributed by atoms with Crippen molar-refractivity contribution in [1.82, 2.24) is 20.8 Å². The lowest BCUT2D eigenvalue weighted by Gasteiger charge is -2.26. The summed E-state index contributed by atoms with van der Waals surface area (Å²) in [4.78, 5) is 27.1. The van der Waals surface area contributed by atoms with Crippen LogP contribution in [0.4, 0.5) is 4.79 Å². The minimum absolute atomic E-state index is 0.0182. The van der Waals surface area contributed by atoms with Gasteiger partial charge >= 0.3 is 12.0 Å². The zero-order valence-electron chi connectivity index (χ0n) is 13.9. The van der Waals surface area contributed by atoms with E-state index in [1.165, 1.54) is 0 Å². The number of aliphatic carboxylic acids is 1. The summed E-state index contributed by atoms with van der Waals surface area (Å²) >= 11 is 5.94. The van der Waals surface area contributed by atoms with Crippen molar-refractivity contribution >= 4 is 23.6 Å². The number of rotatable bonds is 5. The summed E-state index contributed by atoms with van der Waals surface area (Å²) < 4.78 is 5.13. The summed E-state index contributed by atoms with van der Waals surface area (Å²) in [7, 11) is 0. The van der Waals surface area contributed by atoms with Gasteiger partial charge in [0.1, 0.15) is 0 Å². The molecule has 2 amide bonds. The maximum atomic E-state index is 12.0. The highest BCUT2D eigenvalue weighted by atomic mass is 35.5. The highest BCUT2D eigenvalue weighted by molar-refractivity contribution is 6.30. The number of benzene rings is 1. The summed E-state index contributed by atoms with van der Waals surface area (Å²) in [5.74, 6) is -0.388. The molecule has 26 heavy (non-hydrogen) atoms. The third-order valence-electron chi connectivity index (χ3n) is 4.36. The number of carboxylic acid groups (broad SMARTS) is 1. The molecular formula is C17H19ClN4O4. The van der Waals surface area contributed by atoms with E-state index in [0.29, 0.717) is 36.5 Å². The van der Waals surface area contributed by atoms with Gasteiger partial charge in [0.2, 0.25) is 11.7 Å². The molecule has 1 aromatic heterocycles. The Balaban J connectivity index is 1.46. The quantitative estimate of drug-likeness (QED) is 0.736. The molecule has 9 heteroatoms. The predicted molar refractivity (Wildman–Crippen MR) is 93.5 cm³/mol. The van der Waals surface area contributed by atoms with Crippen LogP contribution >= 0.6 is 11.6 Å². The number of hydrogen-bond donors (Lipinski definition) is 3. The highest BCUT2D eigenvalue weighted by Gasteiger charge is 2.26. The molecule has 2 aromatic rings. The third-order valence-corrected chi connectivity index (χ3v) is 4.60. The van der Waals surface area contributed by atoms with E-state index in [0.717, 1.165) is 5.56 Å². The number of carboxylic acids is 1. The van der Waals surface area contributed by atoms with Gasteiger partial charge in [-0.25, -0.2) is 4.79 Å². The second-order valence-corrected chi connectivity index (χ2v) is 6.67. The largest absolute Gasteiger partial charge is 0.481 e. The maximum absolute atomic E-state index is 12.0. The molecule has 0 unspecified atom stereocenters. The first-order valence-corrected chi connectivity index (χ1v) is 8.75. The molecule has 1 saturated carbocycles. The SMILES string of the molecule is O=C(NCc1nc(-c2cccc(Cl)c2)no1)NC1CCC(C(=O)O)CC1. The second-order valence-electron chi connectivity index (χ2n) is 6.24. The van der Waals surface area contributed by atoms with Gasteiger partial charge in [0.05, 0.1) is 12.5 Å². The van der Waals surface area contributed by atoms with Gasteiger partial charge in [-0.1, -0.05) is 28.9 Å². The number of hydrogen-bond acceptors (Lipinski definition) is 5. The van der Waals surface area contributed by atoms with Crippen molar-refractivity contribution in [1.29, 1.82) is 0 Å². The first kappa shape index (κ1) is 18.2. The fourth-order valence-corrected chi connectivity index (χ4v) is 3.14. The van der Waals surface area contributed by atoms with Crippen LogP contribution in [0.2, 0.25) is 5.02 Å². The van der Waals surface area contributed by atoms with Crippen LogP contribution < -0.4 is 10.6 Å². The molecule has 0 atom stereocenters. The standard InChI is InChI=1S/C17H19ClN4O4/c18-12-3-1-2-11(8-12)15-21-14(26-22-15)9-19-17(25)20-13-6-4-10(5-7-13)16(23)24/h1-3,8,10,13H,4-7,9H2,(H,23,24)(H2,19,20,25). The smallest absolute Gasteiger partial charge is 0.315 e. The van der Waals surface area contributed by atoms with Crippen molar-refractivity contribution in [2.75, 3.05) is 0 Å². The molecule has 1 heterocycles. The predicted octanol–water partition coefficient (Wildman–Crippen LogP) is 2.83. The van der Waals surface area contributed by atoms with Crippen molar-refractivity contribution in [3.8, 4) is 11.4 Å². The average molecular weight is 379 g/mol. The molecule has 1 aliphatic rings. The Bertz CT molecular complexity index is 787. The van der Waals surface area contributed by atoms with Gasteiger partial charge in [-0.15, -0.1) is 0 Å². The fourth-order valence-electron chi connectivity index (χ4n) is 2.95. The number of amides is 2. The summed E-state index contributed by atoms with van der Waals surface area (Å²) in [5.41, 5.74) is 0.729. The van der Waals surface area contributed by atoms with Crippen LogP contribution in [-0.4, -0.2) is 33.3 Å². The molecule has 1 fully saturated rings. The second kappa shape index (κ2) is 8.18. The molecular weight excluding hydrogens is 360 g/mol. The lowest BCUT2D eigenvalue weighted by molar-refractivity contribution is -0.142. The van der Waals surface area contributed by atoms with Crippen molar-refractivity contribution in [3.63, 3.8) is 0 Å². The Morgan fingerprint density at radius 3 is 2.73 bits per heavy atom. The highest BCUT2D eigenvalue weighted by Crippen LogP contribution is 2.24. The molecule has 0 radical (unpaired) electrons. The number of nitrogens with one attached hydrogen (secondary N) is 2. The fraction of sp³-hybridized carbons (Fsp3) is 0.412. The minimum atomic E-state index is -0.764. The maximum Gasteiger partial charge on any atom is 0.315 e. The molecule has 138 valence electrons. The van der Waals surface area contributed by atoms with E-state index < -0.39 is 5.97 Å². The zero-order chi connectivity index (χ0) is 18.5. The molecule has 3 N–H and O–H groups in total. The lowest BCUT2D eigenvalue weighted by atomic mass is 9.86. The molecule has 1 aromatic carbocycles. The molecule has 0 aliphatic heterocycles. The van der Waals surface area contributed by atoms with Crippen LogP contribution in [0.15, 0.2) is 28.8 Å². The van der Waals surface area contributed by atoms with Crippen molar-refractivity contribution in [2.45, 2.75) is 38.3 Å². The van der Waals surface area contributed by atoms with Crippen LogP contribution in [0.5, 0.6) is 0 Å². The Labute approximate surface area is 154 Å². The van der Waals surface area contributed by atoms with E-state index in [2.05, 4.69) is 20.8 Å². The third kappa shape index (κ3) is 4.72. The van der Waals surface area contributed by atoms with E-state index >= 15 is 0 Å². The molecule has 0 saturated heterocycles. The van der Waals surface area contributed by atoms with E-state index in [1.54, 1.807) is 18.2 Å². The van der Waals surface area contributed by atoms with Crippen molar-refractivity contribution in [3.05, 3.63) is 35.2 Å². The lowest BCUT2D eigenvalue weighted by Crippen LogP contribution is -2.43. The van der Waals surface area contributed by atoms with Gasteiger partial charge in [0, 0.05) is 16.6 Å². The zero-order valence-corrected chi connectivity index (χ0v) is 14.7. The molecule has 1 aliphatic carbocycles. The summed E-state index contributed by atoms with van der Waals surface area (Å²) in [6, 6.07) is 6.72. The first-order valence-electron chi connectivity index (χ1n) is 8.37. The summed E-state index contributed by atoms with van der Waals surface area (Å²) in [6.45, 7) is 0.101. The van der Waals surface area contributed by atoms with E-state index in [4.69, 9.17) is 21.2 Å². The van der Waals surface area contributed by atoms with E-state index in [-0.39, 0.29) is 30.4 Å². The molecule has 8 nitrogen and oxygen atoms in total. The van der Waals surface area contributed by atoms with Crippen LogP contribution in [-0.2, 0) is 11.3 Å². The Kier molecular flexibility index (Phi) is 5.72. The average Bonchev–Trinajstić information content (AvgIpc) is 3.09. The van der Waals surface area contributed by atoms with Crippen LogP contribution in [0.25, 0.3) is 11.4 Å². The van der Waals surface area contributed by atoms with E-state index in [1.807, 2.05) is 6.07 Å². The Morgan fingerprint density at radius 2 is 2.04 bits per heavy atom. The number of aromatic nitrogens is 2. The first-order chi connectivity index (χ1) is 12.5. The number of urea groups is 1. The Hall–Kier alpha value is -2.61. The molecule has 3 rings (SSSR count). The van der Waals surface area contributed by atoms with E-state index in [9.17, 15) is 9.59 Å². The Morgan fingerprint density at radius 1 is 1.27 bits per heavy atom. The summed E-state index contributed by atoms with van der Waals surface area (Å²) in [5, 5.41) is 18.9. The number of carbonyl (C=O) groups excluding carboxylic acids is 1. The molecule has 0 bridgehead atoms. The van der Waals surface area contributed by atoms with Gasteiger partial charge in [-0.05, 0) is 37.8 Å². The van der Waals surface area contributed by atoms with Gasteiger partial charge in [-0.3, -0.25) is 4.79 Å². The van der Waals surface area contributed by atoms with Crippen LogP contribution in [0, 0.1) is 5.92 Å². The number of nitrogens with zero attached hydrogens (tertiary/aromatic N) is 2. The van der Waals surface area contributed by atoms with Gasteiger partial charge < -0.3 is 20.3 Å². The van der Waals surface area contributed by atoms with Crippen molar-refractivity contribution < 1.29 is 19.2 Å². The van der Waals surface area contributed by atoms with Gasteiger partial charge in [-0.2, -0.15) is 4.98 Å². The topological polar surface area (TPSA) is 117 Å². The number of halogens is 1. The molecule has 0 spiro atoms. The normalized spacial score (nSPS) is 19.7. The van der Waals surface area contributed by atoms with Gasteiger partial charge in [0.15, 0.2) is 0 Å².